The van der Waals surface area contributed by atoms with Gasteiger partial charge in [-0.2, -0.15) is 41.2 Å². The van der Waals surface area contributed by atoms with Crippen molar-refractivity contribution in [2.45, 2.75) is 18.8 Å². The Balaban J connectivity index is 1.98. The third-order valence-corrected chi connectivity index (χ3v) is 6.12. The van der Waals surface area contributed by atoms with Crippen LogP contribution in [0.2, 0.25) is 0 Å². The van der Waals surface area contributed by atoms with Crippen molar-refractivity contribution in [1.29, 1.82) is 0 Å². The molecule has 0 radical (unpaired) electrons. The Morgan fingerprint density at radius 1 is 1.09 bits per heavy atom. The van der Waals surface area contributed by atoms with E-state index in [0.717, 1.165) is 10.7 Å². The Kier molecular flexibility index (Phi) is 5.75. The third kappa shape index (κ3) is 4.30. The second-order valence-electron chi connectivity index (χ2n) is 7.22. The van der Waals surface area contributed by atoms with Gasteiger partial charge in [-0.15, -0.1) is 0 Å². The van der Waals surface area contributed by atoms with Gasteiger partial charge in [0.15, 0.2) is 0 Å². The molecule has 4 rings (SSSR count). The molecule has 3 aromatic rings. The lowest BCUT2D eigenvalue weighted by Crippen LogP contribution is -2.20. The van der Waals surface area contributed by atoms with Gasteiger partial charge in [0, 0.05) is 19.0 Å². The van der Waals surface area contributed by atoms with E-state index >= 15 is 0 Å². The summed E-state index contributed by atoms with van der Waals surface area (Å²) in [5.41, 5.74) is -0.217. The van der Waals surface area contributed by atoms with E-state index in [1.165, 1.54) is 19.3 Å². The van der Waals surface area contributed by atoms with Gasteiger partial charge in [0.2, 0.25) is 5.88 Å². The van der Waals surface area contributed by atoms with Crippen LogP contribution in [0.3, 0.4) is 0 Å². The van der Waals surface area contributed by atoms with Crippen molar-refractivity contribution < 1.29 is 31.4 Å². The van der Waals surface area contributed by atoms with E-state index in [2.05, 4.69) is 15.6 Å². The minimum absolute atomic E-state index is 0.0285. The lowest BCUT2D eigenvalue weighted by atomic mass is 9.94. The second kappa shape index (κ2) is 8.31. The minimum Gasteiger partial charge on any atom is -0.492 e. The first kappa shape index (κ1) is 23.5. The van der Waals surface area contributed by atoms with Crippen molar-refractivity contribution in [1.82, 2.24) is 4.68 Å². The second-order valence-corrected chi connectivity index (χ2v) is 8.18. The number of thiazole rings is 1. The number of alkyl halides is 6. The lowest BCUT2D eigenvalue weighted by Gasteiger charge is -2.17. The van der Waals surface area contributed by atoms with Crippen molar-refractivity contribution in [3.05, 3.63) is 83.8 Å². The molecule has 0 saturated heterocycles. The normalized spacial score (nSPS) is 14.1. The molecule has 0 atom stereocenters. The standard InChI is InChI=1S/C21H14F6N4O2S/c1-28-31-18(32)17(34-19(31)33)14(10-3-5-16-12(6-10)9-29-30-16)7-11-2-4-13(20(22,23)24)8-15(11)21(25,26)27/h2-6,8-9,28,32H,7H2,1H3. The Bertz CT molecular complexity index is 1480. The molecule has 0 saturated carbocycles. The van der Waals surface area contributed by atoms with Crippen LogP contribution in [0.1, 0.15) is 27.1 Å². The van der Waals surface area contributed by atoms with Crippen molar-refractivity contribution >= 4 is 23.1 Å². The minimum atomic E-state index is -5.07. The fourth-order valence-corrected chi connectivity index (χ4v) is 4.46. The summed E-state index contributed by atoms with van der Waals surface area (Å²) in [6.45, 7) is 0. The molecule has 0 fully saturated rings. The Labute approximate surface area is 190 Å². The molecule has 0 bridgehead atoms. The van der Waals surface area contributed by atoms with Crippen molar-refractivity contribution in [2.24, 2.45) is 10.2 Å². The highest BCUT2D eigenvalue weighted by atomic mass is 32.1. The number of nitrogens with one attached hydrogen (secondary N) is 1. The summed E-state index contributed by atoms with van der Waals surface area (Å²) in [5.74, 6) is -0.535. The average molecular weight is 500 g/mol. The number of aromatic nitrogens is 1. The summed E-state index contributed by atoms with van der Waals surface area (Å²) in [7, 11) is 1.36. The Morgan fingerprint density at radius 2 is 1.82 bits per heavy atom. The molecule has 13 heteroatoms. The average Bonchev–Trinajstić information content (AvgIpc) is 3.33. The first-order valence-electron chi connectivity index (χ1n) is 9.54. The molecule has 0 aliphatic carbocycles. The molecule has 1 aromatic heterocycles. The van der Waals surface area contributed by atoms with E-state index in [4.69, 9.17) is 0 Å². The van der Waals surface area contributed by atoms with Gasteiger partial charge >= 0.3 is 17.2 Å². The maximum atomic E-state index is 13.7. The maximum absolute atomic E-state index is 13.7. The van der Waals surface area contributed by atoms with Gasteiger partial charge in [-0.25, -0.2) is 0 Å². The summed E-state index contributed by atoms with van der Waals surface area (Å²) in [5, 5.41) is 19.1. The van der Waals surface area contributed by atoms with E-state index in [-0.39, 0.29) is 16.5 Å². The van der Waals surface area contributed by atoms with Gasteiger partial charge < -0.3 is 10.5 Å². The van der Waals surface area contributed by atoms with Crippen LogP contribution in [0.5, 0.6) is 5.88 Å². The molecule has 1 aliphatic rings. The molecule has 6 nitrogen and oxygen atoms in total. The van der Waals surface area contributed by atoms with Crippen LogP contribution in [-0.2, 0) is 18.8 Å². The molecular formula is C21H14F6N4O2S. The van der Waals surface area contributed by atoms with Crippen LogP contribution in [0.15, 0.2) is 51.4 Å². The van der Waals surface area contributed by atoms with Crippen LogP contribution < -0.4 is 20.9 Å². The molecule has 2 heterocycles. The molecule has 1 aliphatic heterocycles. The van der Waals surface area contributed by atoms with Gasteiger partial charge in [0.1, 0.15) is 0 Å². The van der Waals surface area contributed by atoms with Gasteiger partial charge in [-0.1, -0.05) is 23.5 Å². The third-order valence-electron chi connectivity index (χ3n) is 5.13. The summed E-state index contributed by atoms with van der Waals surface area (Å²) in [4.78, 5) is 11.6. The van der Waals surface area contributed by atoms with Gasteiger partial charge in [0.25, 0.3) is 0 Å². The molecule has 0 amide bonds. The number of benzene rings is 2. The van der Waals surface area contributed by atoms with E-state index < -0.39 is 46.2 Å². The van der Waals surface area contributed by atoms with E-state index in [1.54, 1.807) is 12.1 Å². The van der Waals surface area contributed by atoms with Crippen LogP contribution >= 0.6 is 11.3 Å². The first-order chi connectivity index (χ1) is 15.9. The number of aromatic hydroxyl groups is 1. The van der Waals surface area contributed by atoms with Crippen LogP contribution in [0.4, 0.5) is 26.3 Å². The van der Waals surface area contributed by atoms with Crippen LogP contribution in [0.25, 0.3) is 5.57 Å². The van der Waals surface area contributed by atoms with Crippen molar-refractivity contribution in [3.8, 4) is 5.88 Å². The van der Waals surface area contributed by atoms with Crippen molar-refractivity contribution in [3.63, 3.8) is 0 Å². The van der Waals surface area contributed by atoms with E-state index in [0.29, 0.717) is 33.5 Å². The quantitative estimate of drug-likeness (QED) is 0.540. The zero-order valence-electron chi connectivity index (χ0n) is 17.1. The molecule has 2 N–H and O–H groups in total. The van der Waals surface area contributed by atoms with Crippen LogP contribution in [0, 0.1) is 0 Å². The fourth-order valence-electron chi connectivity index (χ4n) is 3.53. The van der Waals surface area contributed by atoms with Gasteiger partial charge in [0.05, 0.1) is 27.6 Å². The number of nitrogens with zero attached hydrogens (tertiary/aromatic N) is 3. The molecule has 34 heavy (non-hydrogen) atoms. The van der Waals surface area contributed by atoms with Gasteiger partial charge in [-0.3, -0.25) is 4.79 Å². The Hall–Kier alpha value is -3.61. The fraction of sp³-hybridized carbons (Fsp3) is 0.190. The summed E-state index contributed by atoms with van der Waals surface area (Å²) in [6.07, 6.45) is -9.12. The van der Waals surface area contributed by atoms with Crippen molar-refractivity contribution in [2.75, 3.05) is 12.5 Å². The molecule has 0 unspecified atom stereocenters. The summed E-state index contributed by atoms with van der Waals surface area (Å²) in [6, 6.07) is 6.03. The predicted molar refractivity (Wildman–Crippen MR) is 113 cm³/mol. The first-order valence-corrected chi connectivity index (χ1v) is 10.4. The largest absolute Gasteiger partial charge is 0.492 e. The number of fused-ring (bicyclic) bond motifs is 1. The number of hydrogen-bond donors (Lipinski definition) is 2. The predicted octanol–water partition coefficient (Wildman–Crippen LogP) is 3.24. The number of rotatable bonds is 4. The number of hydrogen-bond acceptors (Lipinski definition) is 6. The monoisotopic (exact) mass is 500 g/mol. The molecule has 178 valence electrons. The maximum Gasteiger partial charge on any atom is 0.416 e. The zero-order chi connectivity index (χ0) is 24.8. The lowest BCUT2D eigenvalue weighted by molar-refractivity contribution is -0.143. The molecular weight excluding hydrogens is 486 g/mol. The highest BCUT2D eigenvalue weighted by Gasteiger charge is 2.38. The number of halogens is 6. The summed E-state index contributed by atoms with van der Waals surface area (Å²) >= 11 is 0.581. The smallest absolute Gasteiger partial charge is 0.416 e. The SMILES string of the molecule is CNn1c(O)c(C(Cc2ccc(C(F)(F)F)cc2C(F)(F)F)=c2ccc3c(c2)C=NN=3)sc1=O. The van der Waals surface area contributed by atoms with E-state index in [1.807, 2.05) is 0 Å². The zero-order valence-corrected chi connectivity index (χ0v) is 17.9. The summed E-state index contributed by atoms with van der Waals surface area (Å²) < 4.78 is 81.2. The van der Waals surface area contributed by atoms with Crippen LogP contribution in [-0.4, -0.2) is 23.0 Å². The Morgan fingerprint density at radius 3 is 2.44 bits per heavy atom. The molecule has 2 aromatic carbocycles. The highest BCUT2D eigenvalue weighted by Crippen LogP contribution is 2.39. The highest BCUT2D eigenvalue weighted by molar-refractivity contribution is 7.10. The molecule has 0 spiro atoms. The van der Waals surface area contributed by atoms with E-state index in [9.17, 15) is 36.2 Å². The topological polar surface area (TPSA) is 79.0 Å². The van der Waals surface area contributed by atoms with Gasteiger partial charge in [-0.05, 0) is 40.6 Å².